The van der Waals surface area contributed by atoms with Crippen LogP contribution in [0.2, 0.25) is 0 Å². The lowest BCUT2D eigenvalue weighted by Gasteiger charge is -2.31. The second kappa shape index (κ2) is 8.04. The molecule has 0 aliphatic rings. The second-order valence-electron chi connectivity index (χ2n) is 5.43. The van der Waals surface area contributed by atoms with Crippen LogP contribution < -0.4 is 14.2 Å². The number of ether oxygens (including phenoxy) is 3. The average molecular weight is 378 g/mol. The van der Waals surface area contributed by atoms with E-state index in [0.717, 1.165) is 18.0 Å². The van der Waals surface area contributed by atoms with E-state index in [1.807, 2.05) is 4.72 Å². The number of aromatic nitrogens is 1. The summed E-state index contributed by atoms with van der Waals surface area (Å²) in [6.45, 7) is 3.37. The zero-order chi connectivity index (χ0) is 18.5. The summed E-state index contributed by atoms with van der Waals surface area (Å²) in [4.78, 5) is 16.6. The molecule has 24 heavy (non-hydrogen) atoms. The third kappa shape index (κ3) is 5.84. The molecule has 0 bridgehead atoms. The standard InChI is InChI=1S/C14H22N2O6S2/c1-14(2,22-5)12(13(17)16-24(6,18)19)23-11-8-9(20-3)7-10(15-11)21-4/h7-8,12H,1-6H3,(H,16,17). The fraction of sp³-hybridized carbons (Fsp3) is 0.571. The minimum absolute atomic E-state index is 0.314. The lowest BCUT2D eigenvalue weighted by atomic mass is 10.0. The highest BCUT2D eigenvalue weighted by Gasteiger charge is 2.38. The zero-order valence-electron chi connectivity index (χ0n) is 14.4. The van der Waals surface area contributed by atoms with Gasteiger partial charge in [-0.2, -0.15) is 0 Å². The van der Waals surface area contributed by atoms with Gasteiger partial charge in [-0.1, -0.05) is 11.8 Å². The first kappa shape index (κ1) is 20.5. The van der Waals surface area contributed by atoms with Crippen LogP contribution in [0, 0.1) is 0 Å². The Labute approximate surface area is 146 Å². The molecule has 1 aromatic heterocycles. The van der Waals surface area contributed by atoms with Gasteiger partial charge in [-0.3, -0.25) is 9.52 Å². The van der Waals surface area contributed by atoms with E-state index in [2.05, 4.69) is 4.98 Å². The molecule has 0 fully saturated rings. The summed E-state index contributed by atoms with van der Waals surface area (Å²) in [6, 6.07) is 3.22. The SMILES string of the molecule is COc1cc(OC)nc(SC(C(=O)NS(C)(=O)=O)C(C)(C)OC)c1. The maximum atomic E-state index is 12.4. The molecule has 0 spiro atoms. The van der Waals surface area contributed by atoms with Crippen molar-refractivity contribution in [3.63, 3.8) is 0 Å². The van der Waals surface area contributed by atoms with E-state index in [1.54, 1.807) is 26.0 Å². The number of carbonyl (C=O) groups excluding carboxylic acids is 1. The summed E-state index contributed by atoms with van der Waals surface area (Å²) in [7, 11) is 0.710. The van der Waals surface area contributed by atoms with Crippen LogP contribution in [0.3, 0.4) is 0 Å². The van der Waals surface area contributed by atoms with E-state index in [0.29, 0.717) is 16.7 Å². The van der Waals surface area contributed by atoms with Crippen molar-refractivity contribution in [3.05, 3.63) is 12.1 Å². The van der Waals surface area contributed by atoms with E-state index in [-0.39, 0.29) is 0 Å². The number of pyridine rings is 1. The third-order valence-electron chi connectivity index (χ3n) is 3.12. The molecule has 8 nitrogen and oxygen atoms in total. The van der Waals surface area contributed by atoms with Crippen LogP contribution in [0.25, 0.3) is 0 Å². The predicted octanol–water partition coefficient (Wildman–Crippen LogP) is 1.06. The number of amides is 1. The smallest absolute Gasteiger partial charge is 0.249 e. The first-order chi connectivity index (χ1) is 11.0. The van der Waals surface area contributed by atoms with Crippen LogP contribution in [-0.4, -0.2) is 57.7 Å². The molecule has 136 valence electrons. The Morgan fingerprint density at radius 1 is 1.25 bits per heavy atom. The molecule has 1 N–H and O–H groups in total. The van der Waals surface area contributed by atoms with E-state index in [9.17, 15) is 13.2 Å². The number of nitrogens with one attached hydrogen (secondary N) is 1. The first-order valence-electron chi connectivity index (χ1n) is 6.86. The molecule has 1 atom stereocenters. The van der Waals surface area contributed by atoms with Crippen LogP contribution in [0.4, 0.5) is 0 Å². The van der Waals surface area contributed by atoms with Gasteiger partial charge in [-0.25, -0.2) is 13.4 Å². The Morgan fingerprint density at radius 3 is 2.33 bits per heavy atom. The Bertz CT molecular complexity index is 668. The molecule has 10 heteroatoms. The largest absolute Gasteiger partial charge is 0.496 e. The number of thioether (sulfide) groups is 1. The van der Waals surface area contributed by atoms with E-state index in [1.165, 1.54) is 21.3 Å². The summed E-state index contributed by atoms with van der Waals surface area (Å²) in [5.74, 6) is 0.120. The lowest BCUT2D eigenvalue weighted by molar-refractivity contribution is -0.123. The monoisotopic (exact) mass is 378 g/mol. The van der Waals surface area contributed by atoms with Gasteiger partial charge in [-0.15, -0.1) is 0 Å². The van der Waals surface area contributed by atoms with Gasteiger partial charge in [0.25, 0.3) is 0 Å². The van der Waals surface area contributed by atoms with E-state index >= 15 is 0 Å². The third-order valence-corrected chi connectivity index (χ3v) is 5.16. The maximum absolute atomic E-state index is 12.4. The van der Waals surface area contributed by atoms with Crippen molar-refractivity contribution in [1.29, 1.82) is 0 Å². The van der Waals surface area contributed by atoms with Crippen molar-refractivity contribution < 1.29 is 27.4 Å². The lowest BCUT2D eigenvalue weighted by Crippen LogP contribution is -2.48. The number of methoxy groups -OCH3 is 3. The van der Waals surface area contributed by atoms with Crippen LogP contribution in [0.5, 0.6) is 11.6 Å². The minimum atomic E-state index is -3.69. The summed E-state index contributed by atoms with van der Waals surface area (Å²) < 4.78 is 40.4. The second-order valence-corrected chi connectivity index (χ2v) is 8.31. The Hall–Kier alpha value is -1.52. The number of nitrogens with zero attached hydrogens (tertiary/aromatic N) is 1. The highest BCUT2D eigenvalue weighted by molar-refractivity contribution is 8.00. The van der Waals surface area contributed by atoms with Crippen LogP contribution >= 0.6 is 11.8 Å². The number of rotatable bonds is 8. The molecule has 0 aromatic carbocycles. The Morgan fingerprint density at radius 2 is 1.88 bits per heavy atom. The summed E-state index contributed by atoms with van der Waals surface area (Å²) in [6.07, 6.45) is 0.916. The van der Waals surface area contributed by atoms with Crippen molar-refractivity contribution in [2.24, 2.45) is 0 Å². The quantitative estimate of drug-likeness (QED) is 0.670. The number of hydrogen-bond donors (Lipinski definition) is 1. The van der Waals surface area contributed by atoms with Gasteiger partial charge in [0.15, 0.2) is 0 Å². The van der Waals surface area contributed by atoms with Gasteiger partial charge in [0, 0.05) is 19.2 Å². The summed E-state index contributed by atoms with van der Waals surface area (Å²) in [5, 5.41) is -0.438. The van der Waals surface area contributed by atoms with Crippen molar-refractivity contribution in [2.45, 2.75) is 29.7 Å². The highest BCUT2D eigenvalue weighted by Crippen LogP contribution is 2.34. The number of carbonyl (C=O) groups is 1. The molecule has 0 radical (unpaired) electrons. The van der Waals surface area contributed by atoms with Gasteiger partial charge in [0.2, 0.25) is 21.8 Å². The normalized spacial score (nSPS) is 13.2. The van der Waals surface area contributed by atoms with E-state index < -0.39 is 26.8 Å². The van der Waals surface area contributed by atoms with Crippen molar-refractivity contribution in [2.75, 3.05) is 27.6 Å². The van der Waals surface area contributed by atoms with Crippen LogP contribution in [0.1, 0.15) is 13.8 Å². The van der Waals surface area contributed by atoms with Gasteiger partial charge in [0.05, 0.1) is 26.1 Å². The molecule has 0 aliphatic heterocycles. The fourth-order valence-electron chi connectivity index (χ4n) is 1.72. The molecule has 0 saturated heterocycles. The van der Waals surface area contributed by atoms with Gasteiger partial charge in [-0.05, 0) is 13.8 Å². The number of sulfonamides is 1. The average Bonchev–Trinajstić information content (AvgIpc) is 2.50. The Kier molecular flexibility index (Phi) is 6.87. The Balaban J connectivity index is 3.20. The zero-order valence-corrected chi connectivity index (χ0v) is 16.1. The predicted molar refractivity (Wildman–Crippen MR) is 91.1 cm³/mol. The molecule has 1 rings (SSSR count). The fourth-order valence-corrected chi connectivity index (χ4v) is 3.39. The number of hydrogen-bond acceptors (Lipinski definition) is 8. The van der Waals surface area contributed by atoms with Gasteiger partial charge < -0.3 is 14.2 Å². The van der Waals surface area contributed by atoms with E-state index in [4.69, 9.17) is 14.2 Å². The van der Waals surface area contributed by atoms with Crippen molar-refractivity contribution in [1.82, 2.24) is 9.71 Å². The molecular weight excluding hydrogens is 356 g/mol. The molecule has 0 aliphatic carbocycles. The molecule has 1 amide bonds. The topological polar surface area (TPSA) is 104 Å². The first-order valence-corrected chi connectivity index (χ1v) is 9.63. The van der Waals surface area contributed by atoms with Crippen LogP contribution in [-0.2, 0) is 19.6 Å². The molecule has 1 heterocycles. The maximum Gasteiger partial charge on any atom is 0.249 e. The van der Waals surface area contributed by atoms with Crippen molar-refractivity contribution >= 4 is 27.7 Å². The van der Waals surface area contributed by atoms with Crippen LogP contribution in [0.15, 0.2) is 17.2 Å². The summed E-state index contributed by atoms with van der Waals surface area (Å²) in [5.41, 5.74) is -0.947. The molecule has 1 aromatic rings. The highest BCUT2D eigenvalue weighted by atomic mass is 32.2. The molecule has 1 unspecified atom stereocenters. The minimum Gasteiger partial charge on any atom is -0.496 e. The molecular formula is C14H22N2O6S2. The van der Waals surface area contributed by atoms with Gasteiger partial charge in [0.1, 0.15) is 16.0 Å². The molecule has 0 saturated carbocycles. The van der Waals surface area contributed by atoms with Crippen molar-refractivity contribution in [3.8, 4) is 11.6 Å². The van der Waals surface area contributed by atoms with Gasteiger partial charge >= 0.3 is 0 Å². The summed E-state index contributed by atoms with van der Waals surface area (Å²) >= 11 is 1.06.